The largest absolute Gasteiger partial charge is 0.370 e. The molecule has 0 saturated carbocycles. The molecule has 1 rings (SSSR count). The fourth-order valence-electron chi connectivity index (χ4n) is 1.58. The van der Waals surface area contributed by atoms with Crippen LogP contribution in [-0.2, 0) is 16.0 Å². The molecule has 0 bridgehead atoms. The van der Waals surface area contributed by atoms with Crippen LogP contribution in [0.1, 0.15) is 31.7 Å². The van der Waals surface area contributed by atoms with Gasteiger partial charge in [0.1, 0.15) is 12.4 Å². The molecule has 0 saturated heterocycles. The molecule has 0 aliphatic rings. The third-order valence-corrected chi connectivity index (χ3v) is 2.51. The highest BCUT2D eigenvalue weighted by molar-refractivity contribution is 5.56. The summed E-state index contributed by atoms with van der Waals surface area (Å²) in [6, 6.07) is 9.97. The maximum absolute atomic E-state index is 10.8. The van der Waals surface area contributed by atoms with Gasteiger partial charge in [-0.2, -0.15) is 0 Å². The number of carbonyl (C=O) groups is 1. The third kappa shape index (κ3) is 5.08. The fourth-order valence-corrected chi connectivity index (χ4v) is 1.58. The topological polar surface area (TPSA) is 26.3 Å². The Hall–Kier alpha value is -1.15. The zero-order chi connectivity index (χ0) is 11.6. The van der Waals surface area contributed by atoms with Crippen molar-refractivity contribution in [3.8, 4) is 0 Å². The first kappa shape index (κ1) is 12.9. The smallest absolute Gasteiger partial charge is 0.149 e. The number of carbonyl (C=O) groups excluding carboxylic acids is 1. The van der Waals surface area contributed by atoms with Crippen molar-refractivity contribution in [2.75, 3.05) is 6.61 Å². The summed E-state index contributed by atoms with van der Waals surface area (Å²) in [5, 5.41) is 0. The van der Waals surface area contributed by atoms with Crippen molar-refractivity contribution in [1.29, 1.82) is 0 Å². The van der Waals surface area contributed by atoms with Gasteiger partial charge in [-0.25, -0.2) is 0 Å². The molecule has 0 radical (unpaired) electrons. The monoisotopic (exact) mass is 220 g/mol. The van der Waals surface area contributed by atoms with Gasteiger partial charge >= 0.3 is 0 Å². The van der Waals surface area contributed by atoms with Crippen LogP contribution >= 0.6 is 0 Å². The van der Waals surface area contributed by atoms with Gasteiger partial charge in [0.15, 0.2) is 0 Å². The second-order valence-corrected chi connectivity index (χ2v) is 3.94. The second kappa shape index (κ2) is 8.05. The zero-order valence-corrected chi connectivity index (χ0v) is 9.89. The van der Waals surface area contributed by atoms with E-state index in [0.717, 1.165) is 24.7 Å². The molecule has 16 heavy (non-hydrogen) atoms. The highest BCUT2D eigenvalue weighted by atomic mass is 16.5. The molecule has 1 aromatic rings. The quantitative estimate of drug-likeness (QED) is 0.497. The lowest BCUT2D eigenvalue weighted by atomic mass is 10.1. The molecule has 0 amide bonds. The molecule has 1 atom stereocenters. The van der Waals surface area contributed by atoms with Gasteiger partial charge in [-0.1, -0.05) is 50.1 Å². The number of rotatable bonds is 8. The van der Waals surface area contributed by atoms with Crippen LogP contribution in [0.4, 0.5) is 0 Å². The van der Waals surface area contributed by atoms with Crippen LogP contribution in [0.5, 0.6) is 0 Å². The summed E-state index contributed by atoms with van der Waals surface area (Å²) in [5.74, 6) is 0. The van der Waals surface area contributed by atoms with Crippen molar-refractivity contribution in [2.24, 2.45) is 0 Å². The summed E-state index contributed by atoms with van der Waals surface area (Å²) >= 11 is 0. The van der Waals surface area contributed by atoms with Crippen molar-refractivity contribution in [1.82, 2.24) is 0 Å². The lowest BCUT2D eigenvalue weighted by Gasteiger charge is -2.11. The summed E-state index contributed by atoms with van der Waals surface area (Å²) < 4.78 is 5.53. The van der Waals surface area contributed by atoms with Crippen molar-refractivity contribution in [3.63, 3.8) is 0 Å². The third-order valence-electron chi connectivity index (χ3n) is 2.51. The number of hydrogen-bond donors (Lipinski definition) is 0. The molecule has 0 fully saturated rings. The van der Waals surface area contributed by atoms with E-state index < -0.39 is 0 Å². The Labute approximate surface area is 97.6 Å². The molecular formula is C14H20O2. The normalized spacial score (nSPS) is 12.3. The Balaban J connectivity index is 2.29. The summed E-state index contributed by atoms with van der Waals surface area (Å²) in [6.45, 7) is 2.84. The van der Waals surface area contributed by atoms with Crippen molar-refractivity contribution >= 4 is 6.29 Å². The van der Waals surface area contributed by atoms with Gasteiger partial charge in [0.05, 0.1) is 0 Å². The van der Waals surface area contributed by atoms with Gasteiger partial charge in [-0.15, -0.1) is 0 Å². The number of unbranched alkanes of at least 4 members (excludes halogenated alkanes) is 2. The summed E-state index contributed by atoms with van der Waals surface area (Å²) in [7, 11) is 0. The molecule has 2 heteroatoms. The first-order chi connectivity index (χ1) is 7.86. The Morgan fingerprint density at radius 3 is 2.62 bits per heavy atom. The van der Waals surface area contributed by atoms with Gasteiger partial charge in [0.2, 0.25) is 0 Å². The van der Waals surface area contributed by atoms with Crippen LogP contribution in [0.15, 0.2) is 30.3 Å². The molecule has 0 aliphatic heterocycles. The SMILES string of the molecule is CCCCCOC(C=O)Cc1ccccc1. The van der Waals surface area contributed by atoms with Crippen LogP contribution in [0.3, 0.4) is 0 Å². The average molecular weight is 220 g/mol. The predicted molar refractivity (Wildman–Crippen MR) is 65.5 cm³/mol. The Morgan fingerprint density at radius 1 is 1.25 bits per heavy atom. The molecular weight excluding hydrogens is 200 g/mol. The molecule has 1 aromatic carbocycles. The van der Waals surface area contributed by atoms with Gasteiger partial charge in [-0.05, 0) is 12.0 Å². The average Bonchev–Trinajstić information content (AvgIpc) is 2.34. The van der Waals surface area contributed by atoms with Crippen molar-refractivity contribution in [3.05, 3.63) is 35.9 Å². The maximum Gasteiger partial charge on any atom is 0.149 e. The van der Waals surface area contributed by atoms with E-state index in [2.05, 4.69) is 6.92 Å². The van der Waals surface area contributed by atoms with Gasteiger partial charge < -0.3 is 9.53 Å². The van der Waals surface area contributed by atoms with Gasteiger partial charge in [0.25, 0.3) is 0 Å². The standard InChI is InChI=1S/C14H20O2/c1-2-3-7-10-16-14(12-15)11-13-8-5-4-6-9-13/h4-6,8-9,12,14H,2-3,7,10-11H2,1H3. The Kier molecular flexibility index (Phi) is 6.50. The number of aldehydes is 1. The highest BCUT2D eigenvalue weighted by Gasteiger charge is 2.07. The van der Waals surface area contributed by atoms with E-state index in [1.165, 1.54) is 6.42 Å². The van der Waals surface area contributed by atoms with E-state index in [1.54, 1.807) is 0 Å². The number of benzene rings is 1. The Bertz CT molecular complexity index is 282. The summed E-state index contributed by atoms with van der Waals surface area (Å²) in [5.41, 5.74) is 1.15. The van der Waals surface area contributed by atoms with Gasteiger partial charge in [0, 0.05) is 13.0 Å². The maximum atomic E-state index is 10.8. The van der Waals surface area contributed by atoms with E-state index in [0.29, 0.717) is 13.0 Å². The van der Waals surface area contributed by atoms with E-state index in [-0.39, 0.29) is 6.10 Å². The Morgan fingerprint density at radius 2 is 2.00 bits per heavy atom. The molecule has 0 N–H and O–H groups in total. The lowest BCUT2D eigenvalue weighted by Crippen LogP contribution is -2.18. The first-order valence-electron chi connectivity index (χ1n) is 5.97. The van der Waals surface area contributed by atoms with Crippen LogP contribution in [0.2, 0.25) is 0 Å². The number of hydrogen-bond acceptors (Lipinski definition) is 2. The van der Waals surface area contributed by atoms with E-state index in [1.807, 2.05) is 30.3 Å². The zero-order valence-electron chi connectivity index (χ0n) is 9.89. The molecule has 1 unspecified atom stereocenters. The minimum atomic E-state index is -0.292. The van der Waals surface area contributed by atoms with Crippen LogP contribution in [0.25, 0.3) is 0 Å². The van der Waals surface area contributed by atoms with Crippen molar-refractivity contribution < 1.29 is 9.53 Å². The molecule has 2 nitrogen and oxygen atoms in total. The first-order valence-corrected chi connectivity index (χ1v) is 5.97. The van der Waals surface area contributed by atoms with Gasteiger partial charge in [-0.3, -0.25) is 0 Å². The van der Waals surface area contributed by atoms with Crippen LogP contribution in [0, 0.1) is 0 Å². The molecule has 0 heterocycles. The fraction of sp³-hybridized carbons (Fsp3) is 0.500. The second-order valence-electron chi connectivity index (χ2n) is 3.94. The molecule has 0 spiro atoms. The lowest BCUT2D eigenvalue weighted by molar-refractivity contribution is -0.118. The minimum absolute atomic E-state index is 0.292. The van der Waals surface area contributed by atoms with Crippen molar-refractivity contribution in [2.45, 2.75) is 38.7 Å². The summed E-state index contributed by atoms with van der Waals surface area (Å²) in [6.07, 6.45) is 4.66. The van der Waals surface area contributed by atoms with E-state index in [4.69, 9.17) is 4.74 Å². The van der Waals surface area contributed by atoms with E-state index >= 15 is 0 Å². The molecule has 88 valence electrons. The molecule has 0 aliphatic carbocycles. The van der Waals surface area contributed by atoms with E-state index in [9.17, 15) is 4.79 Å². The highest BCUT2D eigenvalue weighted by Crippen LogP contribution is 2.05. The summed E-state index contributed by atoms with van der Waals surface area (Å²) in [4.78, 5) is 10.8. The van der Waals surface area contributed by atoms with Crippen LogP contribution < -0.4 is 0 Å². The predicted octanol–water partition coefficient (Wildman–Crippen LogP) is 3.00. The van der Waals surface area contributed by atoms with Crippen LogP contribution in [-0.4, -0.2) is 19.0 Å². The minimum Gasteiger partial charge on any atom is -0.370 e. The molecule has 0 aromatic heterocycles. The number of ether oxygens (including phenoxy) is 1.